The smallest absolute Gasteiger partial charge is 0.186 e. The Bertz CT molecular complexity index is 586. The standard InChI is InChI=1S/C13H16N4S/c1-3-9-5-4-6-11-10(7-15-12(9)11)8-16-17-13(18)14-2/h4-8,15H,3H2,1-2H3,(H2,14,17,18). The zero-order valence-electron chi connectivity index (χ0n) is 10.4. The van der Waals surface area contributed by atoms with Gasteiger partial charge >= 0.3 is 0 Å². The summed E-state index contributed by atoms with van der Waals surface area (Å²) >= 11 is 4.94. The van der Waals surface area contributed by atoms with Crippen molar-refractivity contribution in [3.05, 3.63) is 35.5 Å². The lowest BCUT2D eigenvalue weighted by atomic mass is 10.1. The third kappa shape index (κ3) is 2.51. The lowest BCUT2D eigenvalue weighted by Gasteiger charge is -2.00. The molecule has 0 unspecified atom stereocenters. The maximum Gasteiger partial charge on any atom is 0.186 e. The SMILES string of the molecule is CCc1cccc2c(C=NNC(=S)NC)c[nH]c12. The molecule has 18 heavy (non-hydrogen) atoms. The van der Waals surface area contributed by atoms with Gasteiger partial charge in [0.25, 0.3) is 0 Å². The molecule has 0 radical (unpaired) electrons. The molecule has 94 valence electrons. The highest BCUT2D eigenvalue weighted by atomic mass is 32.1. The van der Waals surface area contributed by atoms with Gasteiger partial charge in [0.15, 0.2) is 5.11 Å². The average molecular weight is 260 g/mol. The number of thiocarbonyl (C=S) groups is 1. The summed E-state index contributed by atoms with van der Waals surface area (Å²) < 4.78 is 0. The summed E-state index contributed by atoms with van der Waals surface area (Å²) in [6.07, 6.45) is 4.73. The molecule has 0 bridgehead atoms. The molecule has 2 aromatic rings. The molecule has 5 heteroatoms. The van der Waals surface area contributed by atoms with E-state index in [0.717, 1.165) is 12.0 Å². The van der Waals surface area contributed by atoms with Crippen molar-refractivity contribution in [1.82, 2.24) is 15.7 Å². The molecule has 0 aliphatic heterocycles. The van der Waals surface area contributed by atoms with Crippen molar-refractivity contribution in [2.75, 3.05) is 7.05 Å². The molecule has 2 rings (SSSR count). The van der Waals surface area contributed by atoms with Crippen molar-refractivity contribution in [1.29, 1.82) is 0 Å². The Morgan fingerprint density at radius 1 is 1.50 bits per heavy atom. The molecule has 0 saturated carbocycles. The topological polar surface area (TPSA) is 52.2 Å². The molecule has 0 aliphatic rings. The minimum atomic E-state index is 0.500. The van der Waals surface area contributed by atoms with Crippen LogP contribution in [0.4, 0.5) is 0 Å². The Hall–Kier alpha value is -1.88. The van der Waals surface area contributed by atoms with Crippen molar-refractivity contribution in [2.45, 2.75) is 13.3 Å². The average Bonchev–Trinajstić information content (AvgIpc) is 2.82. The molecule has 0 atom stereocenters. The fraction of sp³-hybridized carbons (Fsp3) is 0.231. The fourth-order valence-corrected chi connectivity index (χ4v) is 1.91. The number of nitrogens with one attached hydrogen (secondary N) is 3. The first-order valence-corrected chi connectivity index (χ1v) is 6.26. The van der Waals surface area contributed by atoms with E-state index in [1.165, 1.54) is 16.5 Å². The number of benzene rings is 1. The summed E-state index contributed by atoms with van der Waals surface area (Å²) in [5, 5.41) is 8.57. The van der Waals surface area contributed by atoms with E-state index in [1.807, 2.05) is 6.20 Å². The normalized spacial score (nSPS) is 11.0. The van der Waals surface area contributed by atoms with Crippen LogP contribution in [0.2, 0.25) is 0 Å². The van der Waals surface area contributed by atoms with E-state index in [2.05, 4.69) is 46.0 Å². The van der Waals surface area contributed by atoms with Gasteiger partial charge in [-0.15, -0.1) is 0 Å². The Morgan fingerprint density at radius 3 is 3.06 bits per heavy atom. The van der Waals surface area contributed by atoms with Crippen molar-refractivity contribution in [3.63, 3.8) is 0 Å². The van der Waals surface area contributed by atoms with Crippen LogP contribution in [0.25, 0.3) is 10.9 Å². The summed E-state index contributed by atoms with van der Waals surface area (Å²) in [7, 11) is 1.75. The summed E-state index contributed by atoms with van der Waals surface area (Å²) in [6, 6.07) is 6.29. The van der Waals surface area contributed by atoms with Crippen molar-refractivity contribution in [3.8, 4) is 0 Å². The van der Waals surface area contributed by atoms with Gasteiger partial charge in [0.1, 0.15) is 0 Å². The van der Waals surface area contributed by atoms with Crippen LogP contribution in [-0.4, -0.2) is 23.4 Å². The monoisotopic (exact) mass is 260 g/mol. The molecule has 1 aromatic heterocycles. The van der Waals surface area contributed by atoms with E-state index in [0.29, 0.717) is 5.11 Å². The van der Waals surface area contributed by atoms with Crippen molar-refractivity contribution in [2.24, 2.45) is 5.10 Å². The molecule has 1 heterocycles. The van der Waals surface area contributed by atoms with Gasteiger partial charge in [0.2, 0.25) is 0 Å². The van der Waals surface area contributed by atoms with Crippen LogP contribution in [0.3, 0.4) is 0 Å². The number of hydrogen-bond donors (Lipinski definition) is 3. The number of H-pyrrole nitrogens is 1. The first kappa shape index (κ1) is 12.6. The predicted octanol–water partition coefficient (Wildman–Crippen LogP) is 2.16. The Balaban J connectivity index is 2.27. The zero-order valence-corrected chi connectivity index (χ0v) is 11.3. The van der Waals surface area contributed by atoms with Gasteiger partial charge in [-0.3, -0.25) is 5.43 Å². The van der Waals surface area contributed by atoms with E-state index in [4.69, 9.17) is 12.2 Å². The highest BCUT2D eigenvalue weighted by Crippen LogP contribution is 2.20. The van der Waals surface area contributed by atoms with Gasteiger partial charge in [0.05, 0.1) is 6.21 Å². The highest BCUT2D eigenvalue weighted by Gasteiger charge is 2.04. The molecular weight excluding hydrogens is 244 g/mol. The highest BCUT2D eigenvalue weighted by molar-refractivity contribution is 7.80. The van der Waals surface area contributed by atoms with Crippen LogP contribution < -0.4 is 10.7 Å². The lowest BCUT2D eigenvalue weighted by Crippen LogP contribution is -2.28. The van der Waals surface area contributed by atoms with E-state index in [-0.39, 0.29) is 0 Å². The van der Waals surface area contributed by atoms with E-state index in [9.17, 15) is 0 Å². The van der Waals surface area contributed by atoms with Gasteiger partial charge < -0.3 is 10.3 Å². The molecular formula is C13H16N4S. The molecule has 0 aliphatic carbocycles. The largest absolute Gasteiger partial charge is 0.364 e. The van der Waals surface area contributed by atoms with Gasteiger partial charge in [-0.25, -0.2) is 0 Å². The van der Waals surface area contributed by atoms with Gasteiger partial charge in [-0.1, -0.05) is 25.1 Å². The summed E-state index contributed by atoms with van der Waals surface area (Å²) in [6.45, 7) is 2.15. The molecule has 3 N–H and O–H groups in total. The maximum atomic E-state index is 4.94. The van der Waals surface area contributed by atoms with Crippen LogP contribution in [0.1, 0.15) is 18.1 Å². The van der Waals surface area contributed by atoms with Gasteiger partial charge in [-0.2, -0.15) is 5.10 Å². The first-order chi connectivity index (χ1) is 8.76. The number of aromatic nitrogens is 1. The number of hydrogen-bond acceptors (Lipinski definition) is 2. The second-order valence-electron chi connectivity index (χ2n) is 3.89. The molecule has 0 spiro atoms. The third-order valence-corrected chi connectivity index (χ3v) is 3.11. The third-order valence-electron chi connectivity index (χ3n) is 2.81. The molecule has 4 nitrogen and oxygen atoms in total. The van der Waals surface area contributed by atoms with Gasteiger partial charge in [-0.05, 0) is 24.2 Å². The fourth-order valence-electron chi connectivity index (χ4n) is 1.86. The molecule has 0 saturated heterocycles. The Morgan fingerprint density at radius 2 is 2.33 bits per heavy atom. The molecule has 0 amide bonds. The molecule has 1 aromatic carbocycles. The van der Waals surface area contributed by atoms with Gasteiger partial charge in [0, 0.05) is 29.7 Å². The quantitative estimate of drug-likeness (QED) is 0.450. The number of fused-ring (bicyclic) bond motifs is 1. The van der Waals surface area contributed by atoms with E-state index < -0.39 is 0 Å². The minimum absolute atomic E-state index is 0.500. The number of para-hydroxylation sites is 1. The summed E-state index contributed by atoms with van der Waals surface area (Å²) in [4.78, 5) is 3.29. The number of rotatable bonds is 3. The predicted molar refractivity (Wildman–Crippen MR) is 80.1 cm³/mol. The second-order valence-corrected chi connectivity index (χ2v) is 4.29. The van der Waals surface area contributed by atoms with Crippen molar-refractivity contribution >= 4 is 34.4 Å². The number of aromatic amines is 1. The van der Waals surface area contributed by atoms with Crippen LogP contribution in [0.5, 0.6) is 0 Å². The first-order valence-electron chi connectivity index (χ1n) is 5.86. The van der Waals surface area contributed by atoms with Crippen LogP contribution in [-0.2, 0) is 6.42 Å². The number of nitrogens with zero attached hydrogens (tertiary/aromatic N) is 1. The second kappa shape index (κ2) is 5.64. The minimum Gasteiger partial charge on any atom is -0.364 e. The lowest BCUT2D eigenvalue weighted by molar-refractivity contribution is 0.982. The van der Waals surface area contributed by atoms with E-state index in [1.54, 1.807) is 13.3 Å². The zero-order chi connectivity index (χ0) is 13.0. The van der Waals surface area contributed by atoms with Crippen molar-refractivity contribution < 1.29 is 0 Å². The number of hydrazone groups is 1. The summed E-state index contributed by atoms with van der Waals surface area (Å²) in [5.41, 5.74) is 6.28. The Labute approximate surface area is 111 Å². The van der Waals surface area contributed by atoms with Crippen LogP contribution >= 0.6 is 12.2 Å². The summed E-state index contributed by atoms with van der Waals surface area (Å²) in [5.74, 6) is 0. The Kier molecular flexibility index (Phi) is 3.94. The molecule has 0 fully saturated rings. The van der Waals surface area contributed by atoms with Crippen LogP contribution in [0, 0.1) is 0 Å². The number of aryl methyl sites for hydroxylation is 1. The van der Waals surface area contributed by atoms with Crippen LogP contribution in [0.15, 0.2) is 29.5 Å². The van der Waals surface area contributed by atoms with E-state index >= 15 is 0 Å². The maximum absolute atomic E-state index is 4.94.